The van der Waals surface area contributed by atoms with Crippen LogP contribution in [0.25, 0.3) is 0 Å². The Balaban J connectivity index is 1.85. The quantitative estimate of drug-likeness (QED) is 0.635. The molecule has 2 aromatic rings. The Labute approximate surface area is 146 Å². The van der Waals surface area contributed by atoms with E-state index in [1.165, 1.54) is 13.2 Å². The smallest absolute Gasteiger partial charge is 0.338 e. The molecule has 3 atom stereocenters. The number of fused-ring (bicyclic) bond motifs is 3. The van der Waals surface area contributed by atoms with Gasteiger partial charge in [-0.3, -0.25) is 0 Å². The van der Waals surface area contributed by atoms with Gasteiger partial charge in [-0.05, 0) is 42.5 Å². The van der Waals surface area contributed by atoms with E-state index in [2.05, 4.69) is 17.5 Å². The van der Waals surface area contributed by atoms with Crippen molar-refractivity contribution < 1.29 is 13.9 Å². The molecular formula is C21H20FNO2. The fourth-order valence-corrected chi connectivity index (χ4v) is 4.18. The van der Waals surface area contributed by atoms with Crippen LogP contribution in [0.1, 0.15) is 45.4 Å². The number of allylic oxidation sites excluding steroid dienone is 2. The van der Waals surface area contributed by atoms with Gasteiger partial charge in [0, 0.05) is 17.2 Å². The highest BCUT2D eigenvalue weighted by atomic mass is 19.1. The van der Waals surface area contributed by atoms with Gasteiger partial charge in [-0.2, -0.15) is 0 Å². The number of hydrogen-bond donors (Lipinski definition) is 1. The zero-order valence-electron chi connectivity index (χ0n) is 14.3. The number of nitrogens with one attached hydrogen (secondary N) is 1. The summed E-state index contributed by atoms with van der Waals surface area (Å²) in [7, 11) is 1.38. The minimum atomic E-state index is -0.353. The first-order chi connectivity index (χ1) is 12.1. The normalized spacial score (nSPS) is 23.6. The molecule has 0 bridgehead atoms. The van der Waals surface area contributed by atoms with Crippen LogP contribution in [0.15, 0.2) is 48.6 Å². The Morgan fingerprint density at radius 2 is 2.00 bits per heavy atom. The summed E-state index contributed by atoms with van der Waals surface area (Å²) in [6.45, 7) is 1.91. The van der Waals surface area contributed by atoms with Crippen LogP contribution in [0.3, 0.4) is 0 Å². The number of esters is 1. The molecule has 2 aliphatic rings. The number of methoxy groups -OCH3 is 1. The van der Waals surface area contributed by atoms with Crippen molar-refractivity contribution in [3.05, 3.63) is 76.6 Å². The molecule has 0 saturated carbocycles. The highest BCUT2D eigenvalue weighted by Gasteiger charge is 2.39. The number of carbonyl (C=O) groups excluding carboxylic acids is 1. The van der Waals surface area contributed by atoms with Crippen molar-refractivity contribution in [2.45, 2.75) is 25.3 Å². The molecule has 0 spiro atoms. The second kappa shape index (κ2) is 6.03. The fourth-order valence-electron chi connectivity index (χ4n) is 4.18. The molecule has 25 heavy (non-hydrogen) atoms. The van der Waals surface area contributed by atoms with E-state index < -0.39 is 0 Å². The molecule has 1 aliphatic heterocycles. The summed E-state index contributed by atoms with van der Waals surface area (Å²) < 4.78 is 19.3. The SMILES string of the molecule is COC(=O)c1ccc2c(c1C)N[C@H](c1ccccc1F)[C@@H]1CC=C[C@@H]21. The topological polar surface area (TPSA) is 38.3 Å². The van der Waals surface area contributed by atoms with Gasteiger partial charge >= 0.3 is 5.97 Å². The van der Waals surface area contributed by atoms with Crippen LogP contribution >= 0.6 is 0 Å². The van der Waals surface area contributed by atoms with Crippen LogP contribution < -0.4 is 5.32 Å². The number of rotatable bonds is 2. The first kappa shape index (κ1) is 15.9. The van der Waals surface area contributed by atoms with Crippen LogP contribution in [0.5, 0.6) is 0 Å². The van der Waals surface area contributed by atoms with Gasteiger partial charge in [-0.25, -0.2) is 9.18 Å². The third kappa shape index (κ3) is 2.44. The summed E-state index contributed by atoms with van der Waals surface area (Å²) in [5, 5.41) is 3.53. The number of benzene rings is 2. The van der Waals surface area contributed by atoms with Gasteiger partial charge in [0.25, 0.3) is 0 Å². The second-order valence-corrected chi connectivity index (χ2v) is 6.69. The number of anilines is 1. The predicted octanol–water partition coefficient (Wildman–Crippen LogP) is 4.75. The molecule has 2 aromatic carbocycles. The highest BCUT2D eigenvalue weighted by Crippen LogP contribution is 2.51. The molecular weight excluding hydrogens is 317 g/mol. The minimum absolute atomic E-state index is 0.125. The molecule has 0 amide bonds. The van der Waals surface area contributed by atoms with Gasteiger partial charge in [-0.15, -0.1) is 0 Å². The van der Waals surface area contributed by atoms with Crippen LogP contribution in [-0.2, 0) is 4.74 Å². The molecule has 4 heteroatoms. The van der Waals surface area contributed by atoms with E-state index in [-0.39, 0.29) is 29.7 Å². The largest absolute Gasteiger partial charge is 0.465 e. The number of halogens is 1. The van der Waals surface area contributed by atoms with Gasteiger partial charge in [0.05, 0.1) is 18.7 Å². The molecule has 1 N–H and O–H groups in total. The Morgan fingerprint density at radius 1 is 1.20 bits per heavy atom. The average Bonchev–Trinajstić information content (AvgIpc) is 3.11. The van der Waals surface area contributed by atoms with E-state index in [4.69, 9.17) is 4.74 Å². The van der Waals surface area contributed by atoms with Gasteiger partial charge in [-0.1, -0.05) is 36.4 Å². The number of carbonyl (C=O) groups is 1. The zero-order valence-corrected chi connectivity index (χ0v) is 14.3. The van der Waals surface area contributed by atoms with Crippen molar-refractivity contribution in [3.63, 3.8) is 0 Å². The van der Waals surface area contributed by atoms with Crippen molar-refractivity contribution in [1.82, 2.24) is 0 Å². The van der Waals surface area contributed by atoms with E-state index in [0.717, 1.165) is 23.2 Å². The standard InChI is InChI=1S/C21H20FNO2/c1-12-13(21(24)25-2)10-11-16-14-7-5-8-15(14)20(23-19(12)16)17-6-3-4-9-18(17)22/h3-7,9-11,14-15,20,23H,8H2,1-2H3/t14-,15-,20+/m1/s1. The van der Waals surface area contributed by atoms with Crippen molar-refractivity contribution in [1.29, 1.82) is 0 Å². The summed E-state index contributed by atoms with van der Waals surface area (Å²) in [4.78, 5) is 12.0. The van der Waals surface area contributed by atoms with Crippen molar-refractivity contribution in [2.24, 2.45) is 5.92 Å². The first-order valence-corrected chi connectivity index (χ1v) is 8.51. The van der Waals surface area contributed by atoms with Crippen molar-refractivity contribution in [3.8, 4) is 0 Å². The summed E-state index contributed by atoms with van der Waals surface area (Å²) in [6.07, 6.45) is 5.28. The molecule has 0 aromatic heterocycles. The van der Waals surface area contributed by atoms with Crippen LogP contribution in [0.2, 0.25) is 0 Å². The highest BCUT2D eigenvalue weighted by molar-refractivity contribution is 5.93. The molecule has 0 fully saturated rings. The second-order valence-electron chi connectivity index (χ2n) is 6.69. The fraction of sp³-hybridized carbons (Fsp3) is 0.286. The maximum atomic E-state index is 14.4. The molecule has 3 nitrogen and oxygen atoms in total. The Morgan fingerprint density at radius 3 is 2.76 bits per heavy atom. The lowest BCUT2D eigenvalue weighted by Crippen LogP contribution is -2.30. The summed E-state index contributed by atoms with van der Waals surface area (Å²) in [6, 6.07) is 10.6. The van der Waals surface area contributed by atoms with E-state index in [0.29, 0.717) is 11.1 Å². The third-order valence-electron chi connectivity index (χ3n) is 5.44. The van der Waals surface area contributed by atoms with Crippen molar-refractivity contribution in [2.75, 3.05) is 12.4 Å². The summed E-state index contributed by atoms with van der Waals surface area (Å²) in [5.74, 6) is -0.0523. The van der Waals surface area contributed by atoms with E-state index in [1.807, 2.05) is 31.2 Å². The lowest BCUT2D eigenvalue weighted by Gasteiger charge is -2.38. The summed E-state index contributed by atoms with van der Waals surface area (Å²) in [5.41, 5.74) is 4.15. The number of hydrogen-bond acceptors (Lipinski definition) is 3. The zero-order chi connectivity index (χ0) is 17.6. The van der Waals surface area contributed by atoms with Gasteiger partial charge in [0.15, 0.2) is 0 Å². The molecule has 128 valence electrons. The van der Waals surface area contributed by atoms with Crippen LogP contribution in [0.4, 0.5) is 10.1 Å². The Bertz CT molecular complexity index is 874. The van der Waals surface area contributed by atoms with E-state index in [9.17, 15) is 9.18 Å². The predicted molar refractivity (Wildman–Crippen MR) is 95.3 cm³/mol. The van der Waals surface area contributed by atoms with E-state index >= 15 is 0 Å². The van der Waals surface area contributed by atoms with E-state index in [1.54, 1.807) is 6.07 Å². The molecule has 4 rings (SSSR count). The third-order valence-corrected chi connectivity index (χ3v) is 5.44. The molecule has 1 heterocycles. The Hall–Kier alpha value is -2.62. The van der Waals surface area contributed by atoms with Gasteiger partial charge in [0.1, 0.15) is 5.82 Å². The maximum absolute atomic E-state index is 14.4. The van der Waals surface area contributed by atoms with Crippen LogP contribution in [-0.4, -0.2) is 13.1 Å². The number of ether oxygens (including phenoxy) is 1. The first-order valence-electron chi connectivity index (χ1n) is 8.51. The van der Waals surface area contributed by atoms with Gasteiger partial charge in [0.2, 0.25) is 0 Å². The molecule has 0 radical (unpaired) electrons. The van der Waals surface area contributed by atoms with Crippen LogP contribution in [0, 0.1) is 18.7 Å². The maximum Gasteiger partial charge on any atom is 0.338 e. The monoisotopic (exact) mass is 337 g/mol. The average molecular weight is 337 g/mol. The van der Waals surface area contributed by atoms with Crippen molar-refractivity contribution >= 4 is 11.7 Å². The molecule has 0 unspecified atom stereocenters. The minimum Gasteiger partial charge on any atom is -0.465 e. The summed E-state index contributed by atoms with van der Waals surface area (Å²) >= 11 is 0. The Kier molecular flexibility index (Phi) is 3.83. The van der Waals surface area contributed by atoms with Gasteiger partial charge < -0.3 is 10.1 Å². The molecule has 0 saturated heterocycles. The lowest BCUT2D eigenvalue weighted by atomic mass is 9.76. The lowest BCUT2D eigenvalue weighted by molar-refractivity contribution is 0.0600. The molecule has 1 aliphatic carbocycles.